The number of fused-ring (bicyclic) bond motifs is 1. The second-order valence-corrected chi connectivity index (χ2v) is 7.71. The van der Waals surface area contributed by atoms with Crippen molar-refractivity contribution in [1.29, 1.82) is 0 Å². The Balaban J connectivity index is 1.95. The molecule has 3 rings (SSSR count). The zero-order valence-electron chi connectivity index (χ0n) is 17.0. The molecule has 5 nitrogen and oxygen atoms in total. The molecule has 0 saturated carbocycles. The van der Waals surface area contributed by atoms with Gasteiger partial charge in [-0.15, -0.1) is 6.58 Å². The first kappa shape index (κ1) is 20.4. The van der Waals surface area contributed by atoms with Crippen LogP contribution in [0.15, 0.2) is 61.2 Å². The van der Waals surface area contributed by atoms with E-state index in [1.54, 1.807) is 43.5 Å². The SMILES string of the molecule is C=CCNC(=O)c1cccc(C(=O)/C=C2\NC(C)(C)Cc3ccc(OC)cc32)c1. The van der Waals surface area contributed by atoms with Gasteiger partial charge in [0.25, 0.3) is 5.91 Å². The fraction of sp³-hybridized carbons (Fsp3) is 0.250. The summed E-state index contributed by atoms with van der Waals surface area (Å²) in [4.78, 5) is 25.2. The van der Waals surface area contributed by atoms with Gasteiger partial charge in [0, 0.05) is 40.5 Å². The van der Waals surface area contributed by atoms with Crippen LogP contribution in [-0.2, 0) is 6.42 Å². The number of nitrogens with one attached hydrogen (secondary N) is 2. The summed E-state index contributed by atoms with van der Waals surface area (Å²) in [5, 5.41) is 6.18. The van der Waals surface area contributed by atoms with Crippen LogP contribution in [0.4, 0.5) is 0 Å². The molecule has 150 valence electrons. The van der Waals surface area contributed by atoms with E-state index in [0.29, 0.717) is 17.7 Å². The molecule has 0 saturated heterocycles. The molecule has 1 aliphatic heterocycles. The predicted octanol–water partition coefficient (Wildman–Crippen LogP) is 3.76. The molecule has 0 fully saturated rings. The van der Waals surface area contributed by atoms with Crippen LogP contribution in [0.5, 0.6) is 5.75 Å². The van der Waals surface area contributed by atoms with E-state index >= 15 is 0 Å². The summed E-state index contributed by atoms with van der Waals surface area (Å²) in [5.74, 6) is 0.334. The van der Waals surface area contributed by atoms with Crippen LogP contribution < -0.4 is 15.4 Å². The Kier molecular flexibility index (Phi) is 5.87. The second-order valence-electron chi connectivity index (χ2n) is 7.71. The minimum atomic E-state index is -0.237. The van der Waals surface area contributed by atoms with Crippen LogP contribution in [0.1, 0.15) is 45.7 Å². The summed E-state index contributed by atoms with van der Waals surface area (Å²) in [6.45, 7) is 8.16. The molecule has 0 unspecified atom stereocenters. The van der Waals surface area contributed by atoms with E-state index in [1.165, 1.54) is 0 Å². The number of hydrogen-bond acceptors (Lipinski definition) is 4. The highest BCUT2D eigenvalue weighted by molar-refractivity contribution is 6.10. The average molecular weight is 390 g/mol. The summed E-state index contributed by atoms with van der Waals surface area (Å²) < 4.78 is 5.35. The first-order valence-electron chi connectivity index (χ1n) is 9.53. The summed E-state index contributed by atoms with van der Waals surface area (Å²) in [7, 11) is 1.62. The van der Waals surface area contributed by atoms with Crippen LogP contribution in [0.25, 0.3) is 5.70 Å². The maximum Gasteiger partial charge on any atom is 0.251 e. The number of carbonyl (C=O) groups excluding carboxylic acids is 2. The molecular weight excluding hydrogens is 364 g/mol. The number of ether oxygens (including phenoxy) is 1. The van der Waals surface area contributed by atoms with Crippen LogP contribution >= 0.6 is 0 Å². The summed E-state index contributed by atoms with van der Waals surface area (Å²) in [5.41, 5.74) is 3.58. The minimum absolute atomic E-state index is 0.169. The number of allylic oxidation sites excluding steroid dienone is 1. The highest BCUT2D eigenvalue weighted by atomic mass is 16.5. The van der Waals surface area contributed by atoms with Gasteiger partial charge < -0.3 is 15.4 Å². The van der Waals surface area contributed by atoms with Gasteiger partial charge in [-0.2, -0.15) is 0 Å². The van der Waals surface area contributed by atoms with Crippen molar-refractivity contribution in [2.45, 2.75) is 25.8 Å². The summed E-state index contributed by atoms with van der Waals surface area (Å²) in [6.07, 6.45) is 4.05. The van der Waals surface area contributed by atoms with E-state index in [2.05, 4.69) is 31.1 Å². The molecule has 1 amide bonds. The molecule has 2 aromatic carbocycles. The summed E-state index contributed by atoms with van der Waals surface area (Å²) >= 11 is 0. The Bertz CT molecular complexity index is 989. The third-order valence-corrected chi connectivity index (χ3v) is 4.80. The van der Waals surface area contributed by atoms with E-state index in [0.717, 1.165) is 29.0 Å². The Morgan fingerprint density at radius 2 is 1.97 bits per heavy atom. The van der Waals surface area contributed by atoms with Crippen molar-refractivity contribution in [1.82, 2.24) is 10.6 Å². The van der Waals surface area contributed by atoms with Gasteiger partial charge in [0.1, 0.15) is 5.75 Å². The Hall–Kier alpha value is -3.34. The van der Waals surface area contributed by atoms with E-state index in [9.17, 15) is 9.59 Å². The number of ketones is 1. The largest absolute Gasteiger partial charge is 0.497 e. The first-order valence-corrected chi connectivity index (χ1v) is 9.53. The van der Waals surface area contributed by atoms with Crippen molar-refractivity contribution in [3.63, 3.8) is 0 Å². The molecular formula is C24H26N2O3. The molecule has 2 N–H and O–H groups in total. The average Bonchev–Trinajstić information content (AvgIpc) is 2.71. The van der Waals surface area contributed by atoms with Gasteiger partial charge in [-0.1, -0.05) is 24.3 Å². The maximum atomic E-state index is 13.0. The van der Waals surface area contributed by atoms with Crippen LogP contribution in [0.2, 0.25) is 0 Å². The number of methoxy groups -OCH3 is 1. The van der Waals surface area contributed by atoms with Crippen molar-refractivity contribution in [2.24, 2.45) is 0 Å². The number of benzene rings is 2. The topological polar surface area (TPSA) is 67.4 Å². The fourth-order valence-electron chi connectivity index (χ4n) is 3.45. The molecule has 0 bridgehead atoms. The van der Waals surface area contributed by atoms with Crippen LogP contribution in [0, 0.1) is 0 Å². The number of carbonyl (C=O) groups is 2. The normalized spacial score (nSPS) is 15.8. The summed E-state index contributed by atoms with van der Waals surface area (Å²) in [6, 6.07) is 12.6. The van der Waals surface area contributed by atoms with Gasteiger partial charge >= 0.3 is 0 Å². The molecule has 0 aliphatic carbocycles. The third kappa shape index (κ3) is 4.74. The lowest BCUT2D eigenvalue weighted by molar-refractivity contribution is 0.0958. The quantitative estimate of drug-likeness (QED) is 0.448. The third-order valence-electron chi connectivity index (χ3n) is 4.80. The lowest BCUT2D eigenvalue weighted by atomic mass is 9.85. The van der Waals surface area contributed by atoms with Crippen molar-refractivity contribution in [3.8, 4) is 5.75 Å². The Morgan fingerprint density at radius 1 is 1.21 bits per heavy atom. The Morgan fingerprint density at radius 3 is 2.69 bits per heavy atom. The monoisotopic (exact) mass is 390 g/mol. The molecule has 0 spiro atoms. The zero-order valence-corrected chi connectivity index (χ0v) is 17.0. The number of amides is 1. The standard InChI is InChI=1S/C24H26N2O3/c1-5-11-25-23(28)17-8-6-7-16(12-17)22(27)14-21-20-13-19(29-4)10-9-18(20)15-24(2,3)26-21/h5-10,12-14,26H,1,11,15H2,2-4H3,(H,25,28)/b21-14-. The zero-order chi connectivity index (χ0) is 21.0. The van der Waals surface area contributed by atoms with Gasteiger partial charge in [0.15, 0.2) is 5.78 Å². The molecule has 5 heteroatoms. The molecule has 0 radical (unpaired) electrons. The number of hydrogen-bond donors (Lipinski definition) is 2. The lowest BCUT2D eigenvalue weighted by Crippen LogP contribution is -2.43. The second kappa shape index (κ2) is 8.35. The first-order chi connectivity index (χ1) is 13.8. The highest BCUT2D eigenvalue weighted by Gasteiger charge is 2.28. The minimum Gasteiger partial charge on any atom is -0.497 e. The predicted molar refractivity (Wildman–Crippen MR) is 115 cm³/mol. The number of rotatable bonds is 6. The molecule has 1 aliphatic rings. The van der Waals surface area contributed by atoms with Crippen molar-refractivity contribution in [2.75, 3.05) is 13.7 Å². The van der Waals surface area contributed by atoms with Gasteiger partial charge in [-0.05, 0) is 50.1 Å². The fourth-order valence-corrected chi connectivity index (χ4v) is 3.45. The maximum absolute atomic E-state index is 13.0. The Labute approximate surface area is 171 Å². The molecule has 0 aromatic heterocycles. The van der Waals surface area contributed by atoms with Gasteiger partial charge in [0.05, 0.1) is 7.11 Å². The molecule has 0 atom stereocenters. The van der Waals surface area contributed by atoms with E-state index < -0.39 is 0 Å². The van der Waals surface area contributed by atoms with Gasteiger partial charge in [-0.25, -0.2) is 0 Å². The van der Waals surface area contributed by atoms with Crippen LogP contribution in [-0.4, -0.2) is 30.9 Å². The van der Waals surface area contributed by atoms with Crippen molar-refractivity contribution < 1.29 is 14.3 Å². The van der Waals surface area contributed by atoms with E-state index in [1.807, 2.05) is 18.2 Å². The van der Waals surface area contributed by atoms with Crippen molar-refractivity contribution >= 4 is 17.4 Å². The molecule has 1 heterocycles. The molecule has 2 aromatic rings. The van der Waals surface area contributed by atoms with Crippen LogP contribution in [0.3, 0.4) is 0 Å². The highest BCUT2D eigenvalue weighted by Crippen LogP contribution is 2.32. The lowest BCUT2D eigenvalue weighted by Gasteiger charge is -2.35. The van der Waals surface area contributed by atoms with Gasteiger partial charge in [0.2, 0.25) is 0 Å². The van der Waals surface area contributed by atoms with E-state index in [4.69, 9.17) is 4.74 Å². The van der Waals surface area contributed by atoms with Gasteiger partial charge in [-0.3, -0.25) is 9.59 Å². The molecule has 29 heavy (non-hydrogen) atoms. The van der Waals surface area contributed by atoms with Crippen molar-refractivity contribution in [3.05, 3.63) is 83.4 Å². The van der Waals surface area contributed by atoms with E-state index in [-0.39, 0.29) is 17.2 Å². The smallest absolute Gasteiger partial charge is 0.251 e.